The van der Waals surface area contributed by atoms with Crippen molar-refractivity contribution < 1.29 is 0 Å². The van der Waals surface area contributed by atoms with Crippen LogP contribution in [-0.4, -0.2) is 11.5 Å². The van der Waals surface area contributed by atoms with Crippen molar-refractivity contribution in [2.45, 2.75) is 20.3 Å². The van der Waals surface area contributed by atoms with Crippen molar-refractivity contribution in [3.8, 4) is 0 Å². The van der Waals surface area contributed by atoms with Crippen LogP contribution in [0.5, 0.6) is 0 Å². The molecule has 1 heterocycles. The first-order valence-corrected chi connectivity index (χ1v) is 7.54. The van der Waals surface area contributed by atoms with E-state index >= 15 is 0 Å². The molecular weight excluding hydrogens is 256 g/mol. The van der Waals surface area contributed by atoms with E-state index in [9.17, 15) is 0 Å². The number of para-hydroxylation sites is 2. The Morgan fingerprint density at radius 1 is 0.857 bits per heavy atom. The van der Waals surface area contributed by atoms with Crippen LogP contribution in [0.25, 0.3) is 10.9 Å². The van der Waals surface area contributed by atoms with Crippen LogP contribution >= 0.6 is 0 Å². The highest BCUT2D eigenvalue weighted by Gasteiger charge is 2.13. The minimum Gasteiger partial charge on any atom is -0.341 e. The SMILES string of the molecule is CCc1ccccc1N(CC)c1ccnc2ccccc12. The summed E-state index contributed by atoms with van der Waals surface area (Å²) in [4.78, 5) is 6.85. The van der Waals surface area contributed by atoms with E-state index in [1.165, 1.54) is 22.3 Å². The topological polar surface area (TPSA) is 16.1 Å². The molecule has 0 aliphatic rings. The summed E-state index contributed by atoms with van der Waals surface area (Å²) in [6.07, 6.45) is 2.94. The molecular formula is C19H20N2. The fourth-order valence-electron chi connectivity index (χ4n) is 2.86. The normalized spacial score (nSPS) is 10.8. The van der Waals surface area contributed by atoms with Crippen molar-refractivity contribution in [3.05, 3.63) is 66.4 Å². The molecule has 0 spiro atoms. The van der Waals surface area contributed by atoms with Crippen LogP contribution in [0.1, 0.15) is 19.4 Å². The highest BCUT2D eigenvalue weighted by atomic mass is 15.1. The quantitative estimate of drug-likeness (QED) is 0.670. The molecule has 0 bridgehead atoms. The molecule has 0 unspecified atom stereocenters. The summed E-state index contributed by atoms with van der Waals surface area (Å²) in [5.74, 6) is 0. The molecule has 21 heavy (non-hydrogen) atoms. The van der Waals surface area contributed by atoms with Crippen molar-refractivity contribution >= 4 is 22.3 Å². The monoisotopic (exact) mass is 276 g/mol. The van der Waals surface area contributed by atoms with E-state index in [4.69, 9.17) is 0 Å². The molecule has 0 N–H and O–H groups in total. The van der Waals surface area contributed by atoms with Crippen LogP contribution in [0.4, 0.5) is 11.4 Å². The Bertz CT molecular complexity index is 744. The fourth-order valence-corrected chi connectivity index (χ4v) is 2.86. The molecule has 2 aromatic carbocycles. The number of anilines is 2. The van der Waals surface area contributed by atoms with Crippen LogP contribution in [0.15, 0.2) is 60.8 Å². The molecule has 106 valence electrons. The van der Waals surface area contributed by atoms with Crippen LogP contribution in [0, 0.1) is 0 Å². The number of rotatable bonds is 4. The number of aromatic nitrogens is 1. The van der Waals surface area contributed by atoms with E-state index in [1.807, 2.05) is 12.3 Å². The van der Waals surface area contributed by atoms with Gasteiger partial charge in [-0.05, 0) is 37.1 Å². The third-order valence-electron chi connectivity index (χ3n) is 3.90. The first-order chi connectivity index (χ1) is 10.3. The molecule has 0 atom stereocenters. The zero-order valence-electron chi connectivity index (χ0n) is 12.6. The number of fused-ring (bicyclic) bond motifs is 1. The molecule has 1 aromatic heterocycles. The van der Waals surface area contributed by atoms with E-state index in [-0.39, 0.29) is 0 Å². The molecule has 0 fully saturated rings. The summed E-state index contributed by atoms with van der Waals surface area (Å²) in [5.41, 5.74) is 4.94. The molecule has 0 radical (unpaired) electrons. The molecule has 0 saturated heterocycles. The van der Waals surface area contributed by atoms with Gasteiger partial charge in [-0.15, -0.1) is 0 Å². The third kappa shape index (κ3) is 2.49. The van der Waals surface area contributed by atoms with Gasteiger partial charge in [0.1, 0.15) is 0 Å². The van der Waals surface area contributed by atoms with E-state index in [2.05, 4.69) is 72.3 Å². The van der Waals surface area contributed by atoms with Gasteiger partial charge in [0.2, 0.25) is 0 Å². The summed E-state index contributed by atoms with van der Waals surface area (Å²) in [6, 6.07) is 19.1. The first kappa shape index (κ1) is 13.6. The number of benzene rings is 2. The number of hydrogen-bond donors (Lipinski definition) is 0. The Kier molecular flexibility index (Phi) is 3.87. The van der Waals surface area contributed by atoms with Crippen LogP contribution in [0.2, 0.25) is 0 Å². The number of aryl methyl sites for hydroxylation is 1. The summed E-state index contributed by atoms with van der Waals surface area (Å²) in [7, 11) is 0. The Morgan fingerprint density at radius 2 is 1.62 bits per heavy atom. The van der Waals surface area contributed by atoms with Gasteiger partial charge in [0, 0.05) is 23.8 Å². The molecule has 0 aliphatic heterocycles. The van der Waals surface area contributed by atoms with Crippen molar-refractivity contribution in [2.24, 2.45) is 0 Å². The molecule has 2 nitrogen and oxygen atoms in total. The van der Waals surface area contributed by atoms with E-state index in [0.717, 1.165) is 18.5 Å². The van der Waals surface area contributed by atoms with Gasteiger partial charge in [-0.2, -0.15) is 0 Å². The maximum absolute atomic E-state index is 4.47. The van der Waals surface area contributed by atoms with Crippen molar-refractivity contribution in [1.29, 1.82) is 0 Å². The highest BCUT2D eigenvalue weighted by Crippen LogP contribution is 2.33. The summed E-state index contributed by atoms with van der Waals surface area (Å²) in [5, 5.41) is 1.20. The predicted molar refractivity (Wildman–Crippen MR) is 90.2 cm³/mol. The largest absolute Gasteiger partial charge is 0.341 e. The average Bonchev–Trinajstić information content (AvgIpc) is 2.56. The standard InChI is InChI=1S/C19H20N2/c1-3-15-9-5-8-12-18(15)21(4-2)19-13-14-20-17-11-7-6-10-16(17)19/h5-14H,3-4H2,1-2H3. The van der Waals surface area contributed by atoms with E-state index in [0.29, 0.717) is 0 Å². The van der Waals surface area contributed by atoms with Crippen LogP contribution in [0.3, 0.4) is 0 Å². The lowest BCUT2D eigenvalue weighted by Crippen LogP contribution is -2.18. The summed E-state index contributed by atoms with van der Waals surface area (Å²) in [6.45, 7) is 5.34. The minimum atomic E-state index is 0.936. The molecule has 2 heteroatoms. The zero-order chi connectivity index (χ0) is 14.7. The maximum Gasteiger partial charge on any atom is 0.0722 e. The molecule has 0 aliphatic carbocycles. The van der Waals surface area contributed by atoms with E-state index < -0.39 is 0 Å². The van der Waals surface area contributed by atoms with Gasteiger partial charge in [0.25, 0.3) is 0 Å². The second-order valence-corrected chi connectivity index (χ2v) is 5.07. The van der Waals surface area contributed by atoms with Gasteiger partial charge in [0.15, 0.2) is 0 Å². The Balaban J connectivity index is 2.19. The number of pyridine rings is 1. The lowest BCUT2D eigenvalue weighted by atomic mass is 10.1. The maximum atomic E-state index is 4.47. The van der Waals surface area contributed by atoms with Gasteiger partial charge in [-0.1, -0.05) is 43.3 Å². The van der Waals surface area contributed by atoms with E-state index in [1.54, 1.807) is 0 Å². The number of hydrogen-bond acceptors (Lipinski definition) is 2. The second kappa shape index (κ2) is 5.96. The lowest BCUT2D eigenvalue weighted by molar-refractivity contribution is 1.000. The third-order valence-corrected chi connectivity index (χ3v) is 3.90. The van der Waals surface area contributed by atoms with Crippen LogP contribution in [-0.2, 0) is 6.42 Å². The summed E-state index contributed by atoms with van der Waals surface area (Å²) < 4.78 is 0. The predicted octanol–water partition coefficient (Wildman–Crippen LogP) is 4.96. The van der Waals surface area contributed by atoms with Crippen LogP contribution < -0.4 is 4.90 Å². The molecule has 0 amide bonds. The van der Waals surface area contributed by atoms with Crippen molar-refractivity contribution in [2.75, 3.05) is 11.4 Å². The van der Waals surface area contributed by atoms with Gasteiger partial charge in [-0.3, -0.25) is 4.98 Å². The Morgan fingerprint density at radius 3 is 2.43 bits per heavy atom. The van der Waals surface area contributed by atoms with Gasteiger partial charge < -0.3 is 4.90 Å². The van der Waals surface area contributed by atoms with Crippen molar-refractivity contribution in [1.82, 2.24) is 4.98 Å². The molecule has 0 saturated carbocycles. The molecule has 3 aromatic rings. The van der Waals surface area contributed by atoms with Gasteiger partial charge in [0.05, 0.1) is 11.2 Å². The van der Waals surface area contributed by atoms with Crippen molar-refractivity contribution in [3.63, 3.8) is 0 Å². The summed E-state index contributed by atoms with van der Waals surface area (Å²) >= 11 is 0. The fraction of sp³-hybridized carbons (Fsp3) is 0.211. The Hall–Kier alpha value is -2.35. The van der Waals surface area contributed by atoms with Gasteiger partial charge >= 0.3 is 0 Å². The molecule has 3 rings (SSSR count). The second-order valence-electron chi connectivity index (χ2n) is 5.07. The average molecular weight is 276 g/mol. The minimum absolute atomic E-state index is 0.936. The number of nitrogens with zero attached hydrogens (tertiary/aromatic N) is 2. The first-order valence-electron chi connectivity index (χ1n) is 7.54. The van der Waals surface area contributed by atoms with Gasteiger partial charge in [-0.25, -0.2) is 0 Å². The Labute approximate surface area is 126 Å². The zero-order valence-corrected chi connectivity index (χ0v) is 12.6. The smallest absolute Gasteiger partial charge is 0.0722 e. The lowest BCUT2D eigenvalue weighted by Gasteiger charge is -2.26. The highest BCUT2D eigenvalue weighted by molar-refractivity contribution is 5.93.